The Hall–Kier alpha value is -5.16. The lowest BCUT2D eigenvalue weighted by Crippen LogP contribution is -2.28. The standard InChI is InChI=1S/C42H70N8O10/c1-27(43-9)19-23-35(51)31(5)33(7)59-41(57)25-21-30(4)47-50-40(56)18-14-13-17-39(55)48-45-28(2)20-24-36(52)32(6)34(8)60-42(58)26-22-29(3)46-49-38(54)16-12-11-15-37(53)44-10/h31-34H,11-26H2,1-10H3,(H,44,53)(H,48,55)(H,49,54)(H,50,56)/b43-27?,45-28+,46-29+,47-30+. The molecule has 18 heteroatoms. The van der Waals surface area contributed by atoms with E-state index in [1.54, 1.807) is 62.6 Å². The zero-order valence-corrected chi connectivity index (χ0v) is 37.5. The van der Waals surface area contributed by atoms with Crippen molar-refractivity contribution in [3.05, 3.63) is 0 Å². The average Bonchev–Trinajstić information content (AvgIpc) is 3.22. The molecular weight excluding hydrogens is 777 g/mol. The molecule has 0 aromatic carbocycles. The van der Waals surface area contributed by atoms with Gasteiger partial charge in [0, 0.05) is 75.5 Å². The zero-order chi connectivity index (χ0) is 45.6. The number of ether oxygens (including phenoxy) is 2. The van der Waals surface area contributed by atoms with Crippen molar-refractivity contribution in [2.45, 2.75) is 170 Å². The van der Waals surface area contributed by atoms with Crippen molar-refractivity contribution in [1.82, 2.24) is 21.6 Å². The highest BCUT2D eigenvalue weighted by Crippen LogP contribution is 2.15. The van der Waals surface area contributed by atoms with Gasteiger partial charge in [0.15, 0.2) is 0 Å². The predicted molar refractivity (Wildman–Crippen MR) is 230 cm³/mol. The molecule has 18 nitrogen and oxygen atoms in total. The number of nitrogens with zero attached hydrogens (tertiary/aromatic N) is 4. The number of carbonyl (C=O) groups excluding carboxylic acids is 8. The highest BCUT2D eigenvalue weighted by atomic mass is 16.5. The van der Waals surface area contributed by atoms with Gasteiger partial charge in [0.05, 0.1) is 24.7 Å². The summed E-state index contributed by atoms with van der Waals surface area (Å²) in [6, 6.07) is 0. The lowest BCUT2D eigenvalue weighted by atomic mass is 9.96. The van der Waals surface area contributed by atoms with E-state index in [2.05, 4.69) is 41.9 Å². The van der Waals surface area contributed by atoms with Crippen LogP contribution in [0.25, 0.3) is 0 Å². The Morgan fingerprint density at radius 3 is 1.05 bits per heavy atom. The quantitative estimate of drug-likeness (QED) is 0.0321. The van der Waals surface area contributed by atoms with E-state index in [1.807, 2.05) is 6.92 Å². The summed E-state index contributed by atoms with van der Waals surface area (Å²) < 4.78 is 10.9. The number of unbranched alkanes of at least 4 members (excludes halogenated alkanes) is 2. The molecule has 0 spiro atoms. The second-order valence-corrected chi connectivity index (χ2v) is 15.1. The first-order valence-corrected chi connectivity index (χ1v) is 20.8. The van der Waals surface area contributed by atoms with E-state index in [1.165, 1.54) is 0 Å². The molecular formula is C42H70N8O10. The summed E-state index contributed by atoms with van der Waals surface area (Å²) in [7, 11) is 3.24. The zero-order valence-electron chi connectivity index (χ0n) is 37.5. The number of rotatable bonds is 31. The second kappa shape index (κ2) is 31.7. The first kappa shape index (κ1) is 54.8. The molecule has 0 rings (SSSR count). The first-order valence-electron chi connectivity index (χ1n) is 20.8. The molecule has 338 valence electrons. The van der Waals surface area contributed by atoms with Crippen molar-refractivity contribution < 1.29 is 47.8 Å². The predicted octanol–water partition coefficient (Wildman–Crippen LogP) is 4.81. The Balaban J connectivity index is 4.34. The van der Waals surface area contributed by atoms with Gasteiger partial charge in [-0.2, -0.15) is 15.3 Å². The lowest BCUT2D eigenvalue weighted by molar-refractivity contribution is -0.153. The molecule has 0 aliphatic heterocycles. The van der Waals surface area contributed by atoms with E-state index in [0.717, 1.165) is 5.71 Å². The highest BCUT2D eigenvalue weighted by molar-refractivity contribution is 5.91. The van der Waals surface area contributed by atoms with Gasteiger partial charge in [-0.25, -0.2) is 16.3 Å². The van der Waals surface area contributed by atoms with Gasteiger partial charge in [-0.3, -0.25) is 43.3 Å². The average molecular weight is 847 g/mol. The van der Waals surface area contributed by atoms with Gasteiger partial charge in [-0.15, -0.1) is 0 Å². The highest BCUT2D eigenvalue weighted by Gasteiger charge is 2.24. The maximum Gasteiger partial charge on any atom is 0.306 e. The minimum Gasteiger partial charge on any atom is -0.462 e. The summed E-state index contributed by atoms with van der Waals surface area (Å²) in [4.78, 5) is 102. The van der Waals surface area contributed by atoms with Crippen molar-refractivity contribution in [2.75, 3.05) is 14.1 Å². The van der Waals surface area contributed by atoms with Crippen LogP contribution in [0.3, 0.4) is 0 Å². The van der Waals surface area contributed by atoms with Gasteiger partial charge in [0.2, 0.25) is 23.6 Å². The topological polar surface area (TPSA) is 253 Å². The van der Waals surface area contributed by atoms with Gasteiger partial charge < -0.3 is 14.8 Å². The van der Waals surface area contributed by atoms with Crippen LogP contribution < -0.4 is 21.6 Å². The summed E-state index contributed by atoms with van der Waals surface area (Å²) in [6.45, 7) is 13.7. The number of hydrogen-bond acceptors (Lipinski definition) is 14. The van der Waals surface area contributed by atoms with E-state index in [4.69, 9.17) is 9.47 Å². The van der Waals surface area contributed by atoms with E-state index in [-0.39, 0.29) is 86.6 Å². The minimum absolute atomic E-state index is 0.00635. The minimum atomic E-state index is -0.661. The lowest BCUT2D eigenvalue weighted by Gasteiger charge is -2.19. The number of aliphatic imine (C=N–C) groups is 1. The van der Waals surface area contributed by atoms with Crippen molar-refractivity contribution >= 4 is 70.0 Å². The normalized spacial score (nSPS) is 14.2. The third-order valence-electron chi connectivity index (χ3n) is 9.80. The Bertz CT molecular complexity index is 1570. The van der Waals surface area contributed by atoms with Crippen LogP contribution in [0.4, 0.5) is 0 Å². The molecule has 4 N–H and O–H groups in total. The summed E-state index contributed by atoms with van der Waals surface area (Å²) in [6.07, 6.45) is 3.64. The van der Waals surface area contributed by atoms with Crippen molar-refractivity contribution in [3.63, 3.8) is 0 Å². The summed E-state index contributed by atoms with van der Waals surface area (Å²) >= 11 is 0. The summed E-state index contributed by atoms with van der Waals surface area (Å²) in [5.74, 6) is -3.08. The molecule has 0 heterocycles. The Labute approximate surface area is 355 Å². The van der Waals surface area contributed by atoms with Crippen LogP contribution in [0.2, 0.25) is 0 Å². The number of carbonyl (C=O) groups is 8. The monoisotopic (exact) mass is 847 g/mol. The third kappa shape index (κ3) is 27.5. The molecule has 4 amide bonds. The number of ketones is 2. The van der Waals surface area contributed by atoms with E-state index in [0.29, 0.717) is 68.5 Å². The Kier molecular flexibility index (Phi) is 29.0. The number of hydrazone groups is 3. The van der Waals surface area contributed by atoms with E-state index in [9.17, 15) is 38.4 Å². The van der Waals surface area contributed by atoms with Gasteiger partial charge >= 0.3 is 11.9 Å². The fraction of sp³-hybridized carbons (Fsp3) is 0.714. The molecule has 0 radical (unpaired) electrons. The van der Waals surface area contributed by atoms with Crippen LogP contribution in [-0.4, -0.2) is 96.3 Å². The maximum atomic E-state index is 12.8. The molecule has 0 saturated carbocycles. The van der Waals surface area contributed by atoms with Crippen LogP contribution >= 0.6 is 0 Å². The second-order valence-electron chi connectivity index (χ2n) is 15.1. The maximum absolute atomic E-state index is 12.8. The van der Waals surface area contributed by atoms with E-state index >= 15 is 0 Å². The van der Waals surface area contributed by atoms with Crippen LogP contribution in [0.5, 0.6) is 0 Å². The van der Waals surface area contributed by atoms with E-state index < -0.39 is 36.0 Å². The number of hydrogen-bond donors (Lipinski definition) is 4. The molecule has 0 aliphatic carbocycles. The van der Waals surface area contributed by atoms with Gasteiger partial charge in [0.1, 0.15) is 23.8 Å². The van der Waals surface area contributed by atoms with Gasteiger partial charge in [-0.05, 0) is 92.9 Å². The van der Waals surface area contributed by atoms with Crippen LogP contribution in [-0.2, 0) is 47.8 Å². The SMILES string of the molecule is CN=C(C)CCC(=O)C(C)C(C)OC(=O)CC/C(C)=N/NC(=O)CCCCC(=O)N/N=C(\C)CCC(=O)C(C)C(C)OC(=O)CC/C(C)=N/NC(=O)CCCCC(=O)NC. The molecule has 4 unspecified atom stereocenters. The largest absolute Gasteiger partial charge is 0.462 e. The molecule has 0 fully saturated rings. The number of amides is 4. The van der Waals surface area contributed by atoms with Crippen molar-refractivity contribution in [3.8, 4) is 0 Å². The Morgan fingerprint density at radius 2 is 0.733 bits per heavy atom. The number of esters is 2. The van der Waals surface area contributed by atoms with Crippen LogP contribution in [0.1, 0.15) is 158 Å². The summed E-state index contributed by atoms with van der Waals surface area (Å²) in [5, 5.41) is 14.6. The van der Waals surface area contributed by atoms with Gasteiger partial charge in [-0.1, -0.05) is 13.8 Å². The molecule has 4 atom stereocenters. The smallest absolute Gasteiger partial charge is 0.306 e. The first-order chi connectivity index (χ1) is 28.3. The molecule has 0 saturated heterocycles. The van der Waals surface area contributed by atoms with Crippen molar-refractivity contribution in [2.24, 2.45) is 32.1 Å². The van der Waals surface area contributed by atoms with Gasteiger partial charge in [0.25, 0.3) is 0 Å². The van der Waals surface area contributed by atoms with Crippen LogP contribution in [0, 0.1) is 11.8 Å². The molecule has 0 aromatic rings. The fourth-order valence-corrected chi connectivity index (χ4v) is 5.08. The van der Waals surface area contributed by atoms with Crippen LogP contribution in [0.15, 0.2) is 20.3 Å². The number of Topliss-reactive ketones (excluding diaryl/α,β-unsaturated/α-hetero) is 2. The molecule has 0 aliphatic rings. The van der Waals surface area contributed by atoms with Crippen molar-refractivity contribution in [1.29, 1.82) is 0 Å². The number of nitrogens with one attached hydrogen (secondary N) is 4. The molecule has 0 bridgehead atoms. The molecule has 0 aromatic heterocycles. The summed E-state index contributed by atoms with van der Waals surface area (Å²) in [5.41, 5.74) is 9.87. The Morgan fingerprint density at radius 1 is 0.433 bits per heavy atom. The third-order valence-corrected chi connectivity index (χ3v) is 9.80. The molecule has 60 heavy (non-hydrogen) atoms. The fourth-order valence-electron chi connectivity index (χ4n) is 5.08.